The van der Waals surface area contributed by atoms with Crippen molar-refractivity contribution < 1.29 is 19.1 Å². The normalized spacial score (nSPS) is 14.5. The van der Waals surface area contributed by atoms with E-state index in [1.165, 1.54) is 23.9 Å². The molecule has 1 aliphatic rings. The summed E-state index contributed by atoms with van der Waals surface area (Å²) in [4.78, 5) is 30.6. The highest BCUT2D eigenvalue weighted by molar-refractivity contribution is 8.08. The van der Waals surface area contributed by atoms with E-state index in [4.69, 9.17) is 9.47 Å². The first-order valence-corrected chi connectivity index (χ1v) is 9.46. The molecule has 1 aliphatic heterocycles. The van der Waals surface area contributed by atoms with Crippen molar-refractivity contribution in [2.75, 3.05) is 13.2 Å². The Morgan fingerprint density at radius 2 is 1.89 bits per heavy atom. The summed E-state index contributed by atoms with van der Waals surface area (Å²) < 4.78 is 12.1. The maximum atomic E-state index is 12.6. The van der Waals surface area contributed by atoms with Crippen molar-refractivity contribution in [3.63, 3.8) is 0 Å². The first-order valence-electron chi connectivity index (χ1n) is 8.65. The van der Waals surface area contributed by atoms with Gasteiger partial charge in [0, 0.05) is 17.2 Å². The smallest absolute Gasteiger partial charge is 0.339 e. The number of hydrogen-bond donors (Lipinski definition) is 0. The second-order valence-electron chi connectivity index (χ2n) is 5.69. The lowest BCUT2D eigenvalue weighted by molar-refractivity contribution is -0.138. The number of carbonyl (C=O) groups excluding carboxylic acids is 2. The lowest BCUT2D eigenvalue weighted by atomic mass is 10.2. The predicted octanol–water partition coefficient (Wildman–Crippen LogP) is 3.68. The van der Waals surface area contributed by atoms with Crippen LogP contribution < -0.4 is 0 Å². The molecular weight excluding hydrogens is 364 g/mol. The van der Waals surface area contributed by atoms with E-state index >= 15 is 0 Å². The van der Waals surface area contributed by atoms with Gasteiger partial charge in [0.15, 0.2) is 5.82 Å². The number of rotatable bonds is 5. The Bertz CT molecular complexity index is 943. The number of benzene rings is 1. The first kappa shape index (κ1) is 19.0. The minimum atomic E-state index is -0.513. The Labute approximate surface area is 161 Å². The zero-order valence-corrected chi connectivity index (χ0v) is 16.2. The third-order valence-electron chi connectivity index (χ3n) is 3.78. The fourth-order valence-electron chi connectivity index (χ4n) is 2.70. The van der Waals surface area contributed by atoms with E-state index in [9.17, 15) is 9.59 Å². The van der Waals surface area contributed by atoms with Gasteiger partial charge in [-0.15, -0.1) is 0 Å². The number of imidazole rings is 1. The molecule has 0 aliphatic carbocycles. The minimum Gasteiger partial charge on any atom is -0.463 e. The fraction of sp³-hybridized carbons (Fsp3) is 0.250. The summed E-state index contributed by atoms with van der Waals surface area (Å²) in [7, 11) is 0. The maximum absolute atomic E-state index is 12.6. The van der Waals surface area contributed by atoms with Crippen molar-refractivity contribution >= 4 is 28.6 Å². The fourth-order valence-corrected chi connectivity index (χ4v) is 3.84. The Kier molecular flexibility index (Phi) is 5.81. The molecule has 0 saturated carbocycles. The van der Waals surface area contributed by atoms with Crippen LogP contribution in [-0.4, -0.2) is 34.7 Å². The van der Waals surface area contributed by atoms with Gasteiger partial charge in [-0.25, -0.2) is 14.6 Å². The number of aryl methyl sites for hydroxylation is 1. The summed E-state index contributed by atoms with van der Waals surface area (Å²) in [6.07, 6.45) is 4.61. The number of aromatic nitrogens is 2. The van der Waals surface area contributed by atoms with Gasteiger partial charge >= 0.3 is 11.9 Å². The standard InChI is InChI=1S/C20H20N2O4S/c1-4-25-17(23)11-10-14(20(24)26-5-2)18-19-21-13(3)12-22(19)15-8-6-7-9-16(15)27-18/h6-12H,4-5H2,1-3H3/b11-10+,18-14+. The topological polar surface area (TPSA) is 70.4 Å². The average Bonchev–Trinajstić information content (AvgIpc) is 3.04. The summed E-state index contributed by atoms with van der Waals surface area (Å²) in [5.74, 6) is -0.375. The van der Waals surface area contributed by atoms with Crippen LogP contribution in [0.2, 0.25) is 0 Å². The van der Waals surface area contributed by atoms with Gasteiger partial charge in [0.2, 0.25) is 0 Å². The van der Waals surface area contributed by atoms with E-state index in [-0.39, 0.29) is 18.8 Å². The molecule has 0 unspecified atom stereocenters. The van der Waals surface area contributed by atoms with Gasteiger partial charge in [0.25, 0.3) is 0 Å². The molecule has 0 amide bonds. The van der Waals surface area contributed by atoms with Crippen LogP contribution in [0.5, 0.6) is 0 Å². The molecule has 3 rings (SSSR count). The van der Waals surface area contributed by atoms with Crippen molar-refractivity contribution in [1.82, 2.24) is 9.55 Å². The summed E-state index contributed by atoms with van der Waals surface area (Å²) in [5.41, 5.74) is 2.10. The number of hydrogen-bond acceptors (Lipinski definition) is 6. The molecular formula is C20H20N2O4S. The largest absolute Gasteiger partial charge is 0.463 e. The number of esters is 2. The van der Waals surface area contributed by atoms with Crippen molar-refractivity contribution in [1.29, 1.82) is 0 Å². The van der Waals surface area contributed by atoms with Gasteiger partial charge in [-0.05, 0) is 39.0 Å². The summed E-state index contributed by atoms with van der Waals surface area (Å²) in [6.45, 7) is 5.86. The van der Waals surface area contributed by atoms with Gasteiger partial charge in [-0.3, -0.25) is 4.57 Å². The lowest BCUT2D eigenvalue weighted by Gasteiger charge is -2.21. The number of nitrogens with zero attached hydrogens (tertiary/aromatic N) is 2. The Balaban J connectivity index is 2.16. The summed E-state index contributed by atoms with van der Waals surface area (Å²) in [5, 5.41) is 0. The quantitative estimate of drug-likeness (QED) is 0.579. The van der Waals surface area contributed by atoms with Crippen LogP contribution in [0.15, 0.2) is 53.1 Å². The molecule has 0 atom stereocenters. The molecule has 1 aromatic carbocycles. The molecule has 0 saturated heterocycles. The van der Waals surface area contributed by atoms with E-state index in [0.29, 0.717) is 10.7 Å². The molecule has 1 aromatic heterocycles. The van der Waals surface area contributed by atoms with Gasteiger partial charge in [-0.2, -0.15) is 0 Å². The molecule has 0 N–H and O–H groups in total. The zero-order valence-electron chi connectivity index (χ0n) is 15.4. The van der Waals surface area contributed by atoms with Gasteiger partial charge in [0.1, 0.15) is 0 Å². The third kappa shape index (κ3) is 3.98. The van der Waals surface area contributed by atoms with Crippen molar-refractivity contribution in [2.24, 2.45) is 0 Å². The molecule has 0 fully saturated rings. The van der Waals surface area contributed by atoms with E-state index < -0.39 is 11.9 Å². The highest BCUT2D eigenvalue weighted by Crippen LogP contribution is 2.44. The van der Waals surface area contributed by atoms with E-state index in [0.717, 1.165) is 16.3 Å². The van der Waals surface area contributed by atoms with Crippen LogP contribution in [0.4, 0.5) is 0 Å². The van der Waals surface area contributed by atoms with Gasteiger partial charge in [0.05, 0.1) is 35.1 Å². The Hall–Kier alpha value is -2.80. The molecule has 0 spiro atoms. The first-order chi connectivity index (χ1) is 13.0. The van der Waals surface area contributed by atoms with Gasteiger partial charge < -0.3 is 9.47 Å². The molecule has 2 heterocycles. The monoisotopic (exact) mass is 384 g/mol. The molecule has 0 radical (unpaired) electrons. The highest BCUT2D eigenvalue weighted by atomic mass is 32.2. The minimum absolute atomic E-state index is 0.234. The number of thioether (sulfide) groups is 1. The van der Waals surface area contributed by atoms with E-state index in [1.807, 2.05) is 42.0 Å². The highest BCUT2D eigenvalue weighted by Gasteiger charge is 2.27. The van der Waals surface area contributed by atoms with Crippen LogP contribution in [0.1, 0.15) is 25.4 Å². The van der Waals surface area contributed by atoms with Crippen molar-refractivity contribution in [2.45, 2.75) is 25.7 Å². The van der Waals surface area contributed by atoms with Crippen LogP contribution in [0, 0.1) is 6.92 Å². The van der Waals surface area contributed by atoms with Gasteiger partial charge in [-0.1, -0.05) is 23.9 Å². The van der Waals surface area contributed by atoms with E-state index in [2.05, 4.69) is 4.98 Å². The number of fused-ring (bicyclic) bond motifs is 3. The molecule has 140 valence electrons. The van der Waals surface area contributed by atoms with Crippen molar-refractivity contribution in [3.05, 3.63) is 59.7 Å². The summed E-state index contributed by atoms with van der Waals surface area (Å²) in [6, 6.07) is 7.88. The van der Waals surface area contributed by atoms with Crippen LogP contribution in [-0.2, 0) is 19.1 Å². The number of ether oxygens (including phenoxy) is 2. The van der Waals surface area contributed by atoms with E-state index in [1.54, 1.807) is 13.8 Å². The second kappa shape index (κ2) is 8.26. The summed E-state index contributed by atoms with van der Waals surface area (Å²) >= 11 is 1.43. The Morgan fingerprint density at radius 1 is 1.15 bits per heavy atom. The predicted molar refractivity (Wildman–Crippen MR) is 103 cm³/mol. The number of para-hydroxylation sites is 1. The maximum Gasteiger partial charge on any atom is 0.339 e. The molecule has 6 nitrogen and oxygen atoms in total. The second-order valence-corrected chi connectivity index (χ2v) is 6.75. The molecule has 27 heavy (non-hydrogen) atoms. The SMILES string of the molecule is CCOC(=O)/C=C/C(C(=O)OCC)=C1\Sc2ccccc2-n2cc(C)nc21. The van der Waals surface area contributed by atoms with Crippen molar-refractivity contribution in [3.8, 4) is 5.69 Å². The average molecular weight is 384 g/mol. The molecule has 0 bridgehead atoms. The van der Waals surface area contributed by atoms with Crippen LogP contribution in [0.25, 0.3) is 10.6 Å². The Morgan fingerprint density at radius 3 is 2.63 bits per heavy atom. The number of carbonyl (C=O) groups is 2. The molecule has 2 aromatic rings. The third-order valence-corrected chi connectivity index (χ3v) is 4.95. The van der Waals surface area contributed by atoms with Crippen LogP contribution in [0.3, 0.4) is 0 Å². The molecule has 7 heteroatoms. The zero-order chi connectivity index (χ0) is 19.4. The lowest BCUT2D eigenvalue weighted by Crippen LogP contribution is -2.13. The van der Waals surface area contributed by atoms with Crippen LogP contribution >= 0.6 is 11.8 Å².